The van der Waals surface area contributed by atoms with E-state index in [9.17, 15) is 8.42 Å². The topological polar surface area (TPSA) is 119 Å². The summed E-state index contributed by atoms with van der Waals surface area (Å²) in [4.78, 5) is 16.6. The van der Waals surface area contributed by atoms with Gasteiger partial charge < -0.3 is 10.1 Å². The number of hydrogen-bond donors (Lipinski definition) is 2. The van der Waals surface area contributed by atoms with Crippen LogP contribution in [-0.4, -0.2) is 42.5 Å². The number of aromatic nitrogens is 4. The average Bonchev–Trinajstić information content (AvgIpc) is 2.80. The van der Waals surface area contributed by atoms with Crippen molar-refractivity contribution >= 4 is 44.3 Å². The van der Waals surface area contributed by atoms with Crippen LogP contribution in [0.1, 0.15) is 11.3 Å². The Morgan fingerprint density at radius 3 is 2.50 bits per heavy atom. The summed E-state index contributed by atoms with van der Waals surface area (Å²) in [5, 5.41) is 3.58. The van der Waals surface area contributed by atoms with E-state index >= 15 is 4.39 Å². The molecule has 176 valence electrons. The molecule has 0 spiro atoms. The van der Waals surface area contributed by atoms with Crippen LogP contribution in [-0.2, 0) is 10.0 Å². The number of benzene rings is 1. The SMILES string of the molecule is CNc1ncc2cc(-c3cc(NS(=O)(=O)c4cc(Cl)cnc4OC)c(C)cc3F)c(C)nc2n1. The third-order valence-electron chi connectivity index (χ3n) is 5.10. The smallest absolute Gasteiger partial charge is 0.267 e. The predicted molar refractivity (Wildman–Crippen MR) is 128 cm³/mol. The summed E-state index contributed by atoms with van der Waals surface area (Å²) in [6.07, 6.45) is 2.86. The van der Waals surface area contributed by atoms with Gasteiger partial charge in [0.05, 0.1) is 17.8 Å². The number of methoxy groups -OCH3 is 1. The number of halogens is 2. The summed E-state index contributed by atoms with van der Waals surface area (Å²) in [7, 11) is -1.16. The molecular weight excluding hydrogens is 483 g/mol. The van der Waals surface area contributed by atoms with E-state index in [4.69, 9.17) is 16.3 Å². The lowest BCUT2D eigenvalue weighted by Gasteiger charge is -2.15. The second kappa shape index (κ2) is 8.99. The first-order valence-electron chi connectivity index (χ1n) is 9.98. The summed E-state index contributed by atoms with van der Waals surface area (Å²) in [6, 6.07) is 5.62. The van der Waals surface area contributed by atoms with Crippen LogP contribution in [0.2, 0.25) is 5.02 Å². The predicted octanol–water partition coefficient (Wildman–Crippen LogP) is 4.35. The summed E-state index contributed by atoms with van der Waals surface area (Å²) < 4.78 is 48.8. The van der Waals surface area contributed by atoms with Gasteiger partial charge in [-0.05, 0) is 43.7 Å². The number of anilines is 2. The molecule has 0 amide bonds. The Morgan fingerprint density at radius 1 is 1.03 bits per heavy atom. The fourth-order valence-corrected chi connectivity index (χ4v) is 4.88. The molecule has 0 aliphatic heterocycles. The molecule has 9 nitrogen and oxygen atoms in total. The molecule has 12 heteroatoms. The Kier molecular flexibility index (Phi) is 6.24. The Labute approximate surface area is 200 Å². The Bertz CT molecular complexity index is 1530. The van der Waals surface area contributed by atoms with Crippen molar-refractivity contribution in [2.45, 2.75) is 18.7 Å². The molecule has 1 aromatic carbocycles. The zero-order chi connectivity index (χ0) is 24.6. The molecule has 34 heavy (non-hydrogen) atoms. The largest absolute Gasteiger partial charge is 0.480 e. The Morgan fingerprint density at radius 2 is 1.79 bits per heavy atom. The van der Waals surface area contributed by atoms with Gasteiger partial charge in [0.1, 0.15) is 5.82 Å². The van der Waals surface area contributed by atoms with E-state index in [1.807, 2.05) is 0 Å². The highest BCUT2D eigenvalue weighted by molar-refractivity contribution is 7.92. The molecule has 0 bridgehead atoms. The first-order valence-corrected chi connectivity index (χ1v) is 11.8. The van der Waals surface area contributed by atoms with Crippen LogP contribution in [0, 0.1) is 19.7 Å². The van der Waals surface area contributed by atoms with Crippen molar-refractivity contribution in [3.63, 3.8) is 0 Å². The number of pyridine rings is 2. The molecule has 3 heterocycles. The first kappa shape index (κ1) is 23.6. The fourth-order valence-electron chi connectivity index (χ4n) is 3.39. The van der Waals surface area contributed by atoms with E-state index in [1.54, 1.807) is 33.2 Å². The number of fused-ring (bicyclic) bond motifs is 1. The maximum Gasteiger partial charge on any atom is 0.267 e. The van der Waals surface area contributed by atoms with Crippen molar-refractivity contribution in [3.8, 4) is 17.0 Å². The monoisotopic (exact) mass is 502 g/mol. The maximum absolute atomic E-state index is 15.0. The number of ether oxygens (including phenoxy) is 1. The van der Waals surface area contributed by atoms with Crippen LogP contribution in [0.4, 0.5) is 16.0 Å². The van der Waals surface area contributed by atoms with Crippen molar-refractivity contribution in [3.05, 3.63) is 58.8 Å². The third kappa shape index (κ3) is 4.44. The molecule has 0 saturated carbocycles. The average molecular weight is 503 g/mol. The zero-order valence-electron chi connectivity index (χ0n) is 18.6. The van der Waals surface area contributed by atoms with Crippen LogP contribution in [0.25, 0.3) is 22.2 Å². The van der Waals surface area contributed by atoms with Gasteiger partial charge in [-0.25, -0.2) is 27.8 Å². The van der Waals surface area contributed by atoms with Gasteiger partial charge in [-0.15, -0.1) is 0 Å². The molecule has 4 rings (SSSR count). The lowest BCUT2D eigenvalue weighted by molar-refractivity contribution is 0.385. The number of hydrogen-bond acceptors (Lipinski definition) is 8. The molecule has 4 aromatic rings. The van der Waals surface area contributed by atoms with Gasteiger partial charge in [-0.3, -0.25) is 4.72 Å². The number of rotatable bonds is 6. The fraction of sp³-hybridized carbons (Fsp3) is 0.182. The molecule has 0 saturated heterocycles. The molecule has 2 N–H and O–H groups in total. The minimum atomic E-state index is -4.15. The van der Waals surface area contributed by atoms with Gasteiger partial charge in [-0.2, -0.15) is 4.98 Å². The van der Waals surface area contributed by atoms with Crippen molar-refractivity contribution < 1.29 is 17.5 Å². The van der Waals surface area contributed by atoms with Crippen LogP contribution >= 0.6 is 11.6 Å². The van der Waals surface area contributed by atoms with E-state index in [-0.39, 0.29) is 27.0 Å². The van der Waals surface area contributed by atoms with Gasteiger partial charge in [0.2, 0.25) is 11.8 Å². The van der Waals surface area contributed by atoms with Crippen LogP contribution in [0.5, 0.6) is 5.88 Å². The molecule has 0 fully saturated rings. The van der Waals surface area contributed by atoms with E-state index in [0.29, 0.717) is 33.8 Å². The van der Waals surface area contributed by atoms with Crippen molar-refractivity contribution in [1.29, 1.82) is 0 Å². The Hall–Kier alpha value is -3.57. The number of sulfonamides is 1. The molecule has 3 aromatic heterocycles. The summed E-state index contributed by atoms with van der Waals surface area (Å²) in [6.45, 7) is 3.32. The standard InChI is InChI=1S/C22H20ClFN6O3S/c1-11-5-17(24)16(15-6-13-9-27-22(25-3)29-20(13)28-12(15)2)8-18(11)30-34(31,32)19-7-14(23)10-26-21(19)33-4/h5-10,30H,1-4H3,(H,25,27,28,29). The number of nitrogens with zero attached hydrogens (tertiary/aromatic N) is 4. The van der Waals surface area contributed by atoms with Crippen molar-refractivity contribution in [1.82, 2.24) is 19.9 Å². The van der Waals surface area contributed by atoms with Gasteiger partial charge in [0.15, 0.2) is 10.5 Å². The summed E-state index contributed by atoms with van der Waals surface area (Å²) >= 11 is 5.94. The van der Waals surface area contributed by atoms with Crippen LogP contribution in [0.15, 0.2) is 41.6 Å². The van der Waals surface area contributed by atoms with Gasteiger partial charge in [0, 0.05) is 41.6 Å². The van der Waals surface area contributed by atoms with Crippen LogP contribution < -0.4 is 14.8 Å². The van der Waals surface area contributed by atoms with Crippen molar-refractivity contribution in [2.75, 3.05) is 24.2 Å². The number of aryl methyl sites for hydroxylation is 2. The maximum atomic E-state index is 15.0. The second-order valence-electron chi connectivity index (χ2n) is 7.39. The van der Waals surface area contributed by atoms with E-state index in [1.165, 1.54) is 31.5 Å². The van der Waals surface area contributed by atoms with E-state index in [0.717, 1.165) is 0 Å². The lowest BCUT2D eigenvalue weighted by atomic mass is 10.00. The van der Waals surface area contributed by atoms with Gasteiger partial charge in [0.25, 0.3) is 10.0 Å². The van der Waals surface area contributed by atoms with Gasteiger partial charge >= 0.3 is 0 Å². The van der Waals surface area contributed by atoms with E-state index in [2.05, 4.69) is 30.0 Å². The minimum Gasteiger partial charge on any atom is -0.480 e. The minimum absolute atomic E-state index is 0.118. The first-order chi connectivity index (χ1) is 16.1. The normalized spacial score (nSPS) is 11.5. The molecule has 0 aliphatic rings. The highest BCUT2D eigenvalue weighted by atomic mass is 35.5. The summed E-state index contributed by atoms with van der Waals surface area (Å²) in [5.41, 5.74) is 2.18. The zero-order valence-corrected chi connectivity index (χ0v) is 20.2. The highest BCUT2D eigenvalue weighted by Gasteiger charge is 2.23. The molecule has 0 unspecified atom stereocenters. The Balaban J connectivity index is 1.81. The molecule has 0 atom stereocenters. The highest BCUT2D eigenvalue weighted by Crippen LogP contribution is 2.34. The number of nitrogens with one attached hydrogen (secondary N) is 2. The third-order valence-corrected chi connectivity index (χ3v) is 6.67. The van der Waals surface area contributed by atoms with E-state index < -0.39 is 15.8 Å². The molecular formula is C22H20ClFN6O3S. The van der Waals surface area contributed by atoms with Crippen LogP contribution in [0.3, 0.4) is 0 Å². The van der Waals surface area contributed by atoms with Gasteiger partial charge in [-0.1, -0.05) is 11.6 Å². The lowest BCUT2D eigenvalue weighted by Crippen LogP contribution is -2.15. The summed E-state index contributed by atoms with van der Waals surface area (Å²) in [5.74, 6) is -0.233. The second-order valence-corrected chi connectivity index (χ2v) is 9.48. The van der Waals surface area contributed by atoms with Crippen molar-refractivity contribution in [2.24, 2.45) is 0 Å². The quantitative estimate of drug-likeness (QED) is 0.399. The molecule has 0 radical (unpaired) electrons. The molecule has 0 aliphatic carbocycles.